The number of hydrogen-bond acceptors (Lipinski definition) is 6. The Morgan fingerprint density at radius 3 is 2.41 bits per heavy atom. The van der Waals surface area contributed by atoms with Crippen molar-refractivity contribution in [3.8, 4) is 6.07 Å². The summed E-state index contributed by atoms with van der Waals surface area (Å²) < 4.78 is 45.4. The summed E-state index contributed by atoms with van der Waals surface area (Å²) in [5, 5.41) is 9.68. The summed E-state index contributed by atoms with van der Waals surface area (Å²) in [4.78, 5) is 20.4. The summed E-state index contributed by atoms with van der Waals surface area (Å²) >= 11 is 10.7. The topological polar surface area (TPSA) is 63.1 Å². The molecule has 0 bridgehead atoms. The van der Waals surface area contributed by atoms with Gasteiger partial charge in [0.15, 0.2) is 5.11 Å². The Morgan fingerprint density at radius 2 is 1.85 bits per heavy atom. The summed E-state index contributed by atoms with van der Waals surface area (Å²) in [6.07, 6.45) is -4.00. The van der Waals surface area contributed by atoms with Crippen LogP contribution >= 0.6 is 24.4 Å². The second kappa shape index (κ2) is 10.0. The number of methoxy groups -OCH3 is 1. The number of rotatable bonds is 5. The molecule has 3 rings (SSSR count). The van der Waals surface area contributed by atoms with Crippen molar-refractivity contribution < 1.29 is 22.7 Å². The monoisotopic (exact) mass is 513 g/mol. The lowest BCUT2D eigenvalue weighted by atomic mass is 10.0. The number of alkyl halides is 3. The molecule has 2 heterocycles. The third kappa shape index (κ3) is 5.11. The second-order valence-electron chi connectivity index (χ2n) is 8.63. The van der Waals surface area contributed by atoms with E-state index in [1.807, 2.05) is 4.90 Å². The van der Waals surface area contributed by atoms with Gasteiger partial charge in [-0.15, -0.1) is 0 Å². The first-order valence-corrected chi connectivity index (χ1v) is 11.6. The van der Waals surface area contributed by atoms with Crippen molar-refractivity contribution in [2.24, 2.45) is 0 Å². The fourth-order valence-corrected chi connectivity index (χ4v) is 4.87. The van der Waals surface area contributed by atoms with Gasteiger partial charge in [-0.1, -0.05) is 0 Å². The normalized spacial score (nSPS) is 18.9. The van der Waals surface area contributed by atoms with E-state index in [-0.39, 0.29) is 10.8 Å². The third-order valence-electron chi connectivity index (χ3n) is 6.17. The fourth-order valence-electron chi connectivity index (χ4n) is 4.18. The Labute approximate surface area is 207 Å². The molecule has 1 amide bonds. The van der Waals surface area contributed by atoms with Gasteiger partial charge in [-0.05, 0) is 69.4 Å². The SMILES string of the molecule is COC(=S)N1CCN(CCCN2C(=S)N(c3ccc(C#N)c(C(F)(F)F)c3)C(=O)C2(C)C)CC1. The van der Waals surface area contributed by atoms with Gasteiger partial charge in [0.05, 0.1) is 30.0 Å². The molecule has 0 unspecified atom stereocenters. The zero-order chi connectivity index (χ0) is 25.3. The minimum absolute atomic E-state index is 0.00198. The van der Waals surface area contributed by atoms with Crippen LogP contribution in [0.5, 0.6) is 0 Å². The number of benzene rings is 1. The third-order valence-corrected chi connectivity index (χ3v) is 7.00. The van der Waals surface area contributed by atoms with Crippen LogP contribution < -0.4 is 4.90 Å². The number of hydrogen-bond donors (Lipinski definition) is 0. The van der Waals surface area contributed by atoms with Gasteiger partial charge in [0.2, 0.25) is 0 Å². The highest BCUT2D eigenvalue weighted by molar-refractivity contribution is 7.80. The number of ether oxygens (including phenoxy) is 1. The van der Waals surface area contributed by atoms with Gasteiger partial charge in [0, 0.05) is 32.7 Å². The van der Waals surface area contributed by atoms with E-state index < -0.39 is 28.7 Å². The average molecular weight is 514 g/mol. The largest absolute Gasteiger partial charge is 0.474 e. The molecule has 2 aliphatic rings. The first kappa shape index (κ1) is 26.1. The highest BCUT2D eigenvalue weighted by atomic mass is 32.1. The molecule has 0 radical (unpaired) electrons. The van der Waals surface area contributed by atoms with Crippen molar-refractivity contribution in [1.82, 2.24) is 14.7 Å². The molecule has 34 heavy (non-hydrogen) atoms. The second-order valence-corrected chi connectivity index (χ2v) is 9.34. The smallest absolute Gasteiger partial charge is 0.417 e. The molecule has 0 aromatic heterocycles. The molecule has 0 aliphatic carbocycles. The number of halogens is 3. The van der Waals surface area contributed by atoms with Crippen LogP contribution in [0.3, 0.4) is 0 Å². The molecular formula is C22H26F3N5O2S2. The predicted molar refractivity (Wildman–Crippen MR) is 129 cm³/mol. The minimum atomic E-state index is -4.72. The Hall–Kier alpha value is -2.49. The van der Waals surface area contributed by atoms with E-state index in [4.69, 9.17) is 34.4 Å². The van der Waals surface area contributed by atoms with Crippen LogP contribution in [-0.4, -0.2) is 82.8 Å². The Morgan fingerprint density at radius 1 is 1.21 bits per heavy atom. The lowest BCUT2D eigenvalue weighted by molar-refractivity contribution is -0.137. The first-order valence-electron chi connectivity index (χ1n) is 10.7. The van der Waals surface area contributed by atoms with Crippen molar-refractivity contribution in [3.05, 3.63) is 29.3 Å². The van der Waals surface area contributed by atoms with Crippen molar-refractivity contribution in [2.45, 2.75) is 32.0 Å². The number of amides is 1. The molecule has 0 N–H and O–H groups in total. The molecule has 2 fully saturated rings. The van der Waals surface area contributed by atoms with E-state index in [0.29, 0.717) is 11.7 Å². The molecule has 0 atom stereocenters. The van der Waals surface area contributed by atoms with Crippen molar-refractivity contribution in [2.75, 3.05) is 51.3 Å². The zero-order valence-electron chi connectivity index (χ0n) is 19.2. The van der Waals surface area contributed by atoms with Gasteiger partial charge >= 0.3 is 6.18 Å². The fraction of sp³-hybridized carbons (Fsp3) is 0.545. The highest BCUT2D eigenvalue weighted by Gasteiger charge is 2.49. The number of carbonyl (C=O) groups excluding carboxylic acids is 1. The summed E-state index contributed by atoms with van der Waals surface area (Å²) in [5.74, 6) is -0.406. The van der Waals surface area contributed by atoms with E-state index >= 15 is 0 Å². The molecule has 1 aromatic carbocycles. The molecule has 1 aromatic rings. The Kier molecular flexibility index (Phi) is 7.69. The maximum Gasteiger partial charge on any atom is 0.417 e. The van der Waals surface area contributed by atoms with Crippen LogP contribution in [0, 0.1) is 11.3 Å². The maximum atomic E-state index is 13.4. The van der Waals surface area contributed by atoms with Crippen LogP contribution in [-0.2, 0) is 15.7 Å². The molecule has 0 spiro atoms. The van der Waals surface area contributed by atoms with E-state index in [0.717, 1.165) is 56.2 Å². The summed E-state index contributed by atoms with van der Waals surface area (Å²) in [5.41, 5.74) is -2.60. The maximum absolute atomic E-state index is 13.4. The van der Waals surface area contributed by atoms with Gasteiger partial charge in [0.25, 0.3) is 11.1 Å². The summed E-state index contributed by atoms with van der Waals surface area (Å²) in [6.45, 7) is 7.88. The van der Waals surface area contributed by atoms with Gasteiger partial charge in [-0.3, -0.25) is 14.6 Å². The summed E-state index contributed by atoms with van der Waals surface area (Å²) in [7, 11) is 1.56. The lowest BCUT2D eigenvalue weighted by Crippen LogP contribution is -2.49. The van der Waals surface area contributed by atoms with E-state index in [2.05, 4.69) is 4.90 Å². The zero-order valence-corrected chi connectivity index (χ0v) is 20.8. The minimum Gasteiger partial charge on any atom is -0.474 e. The highest BCUT2D eigenvalue weighted by Crippen LogP contribution is 2.37. The van der Waals surface area contributed by atoms with Crippen LogP contribution in [0.4, 0.5) is 18.9 Å². The standard InChI is InChI=1S/C22H26F3N5O2S2/c1-21(2)18(31)30(16-6-5-15(14-26)17(13-16)22(23,24)25)19(33)29(21)8-4-7-27-9-11-28(12-10-27)20(34)32-3/h5-6,13H,4,7-12H2,1-3H3. The van der Waals surface area contributed by atoms with E-state index in [1.165, 1.54) is 6.07 Å². The summed E-state index contributed by atoms with van der Waals surface area (Å²) in [6, 6.07) is 4.75. The molecule has 12 heteroatoms. The average Bonchev–Trinajstić information content (AvgIpc) is 2.97. The quantitative estimate of drug-likeness (QED) is 0.557. The molecular weight excluding hydrogens is 487 g/mol. The number of nitriles is 1. The molecule has 2 aliphatic heterocycles. The number of nitrogens with zero attached hydrogens (tertiary/aromatic N) is 5. The van der Waals surface area contributed by atoms with Crippen LogP contribution in [0.25, 0.3) is 0 Å². The van der Waals surface area contributed by atoms with Crippen molar-refractivity contribution in [3.63, 3.8) is 0 Å². The van der Waals surface area contributed by atoms with Gasteiger partial charge in [-0.25, -0.2) is 0 Å². The molecule has 184 valence electrons. The van der Waals surface area contributed by atoms with Crippen molar-refractivity contribution in [1.29, 1.82) is 5.26 Å². The lowest BCUT2D eigenvalue weighted by Gasteiger charge is -2.36. The van der Waals surface area contributed by atoms with Crippen LogP contribution in [0.2, 0.25) is 0 Å². The molecule has 7 nitrogen and oxygen atoms in total. The van der Waals surface area contributed by atoms with Gasteiger partial charge in [0.1, 0.15) is 5.54 Å². The van der Waals surface area contributed by atoms with Gasteiger partial charge < -0.3 is 14.5 Å². The number of carbonyl (C=O) groups is 1. The van der Waals surface area contributed by atoms with E-state index in [1.54, 1.807) is 31.9 Å². The van der Waals surface area contributed by atoms with Crippen molar-refractivity contribution >= 4 is 46.3 Å². The van der Waals surface area contributed by atoms with Gasteiger partial charge in [-0.2, -0.15) is 18.4 Å². The molecule has 2 saturated heterocycles. The molecule has 0 saturated carbocycles. The first-order chi connectivity index (χ1) is 15.9. The van der Waals surface area contributed by atoms with Crippen LogP contribution in [0.15, 0.2) is 18.2 Å². The Balaban J connectivity index is 1.69. The predicted octanol–water partition coefficient (Wildman–Crippen LogP) is 3.23. The number of thiocarbonyl (C=S) groups is 2. The van der Waals surface area contributed by atoms with Crippen LogP contribution in [0.1, 0.15) is 31.4 Å². The number of piperazine rings is 1. The number of anilines is 1. The Bertz CT molecular complexity index is 1020. The van der Waals surface area contributed by atoms with E-state index in [9.17, 15) is 18.0 Å².